The number of aliphatic hydroxyl groups excluding tert-OH is 1. The maximum absolute atomic E-state index is 12.4. The topological polar surface area (TPSA) is 40.5 Å². The minimum atomic E-state index is 0.175. The molecule has 2 fully saturated rings. The lowest BCUT2D eigenvalue weighted by molar-refractivity contribution is -0.137. The fourth-order valence-corrected chi connectivity index (χ4v) is 3.19. The van der Waals surface area contributed by atoms with Gasteiger partial charge in [0.15, 0.2) is 0 Å². The van der Waals surface area contributed by atoms with Crippen LogP contribution in [0.25, 0.3) is 0 Å². The molecule has 1 N–H and O–H groups in total. The maximum atomic E-state index is 12.4. The summed E-state index contributed by atoms with van der Waals surface area (Å²) in [5.41, 5.74) is 0.175. The molecule has 16 heavy (non-hydrogen) atoms. The van der Waals surface area contributed by atoms with Crippen LogP contribution in [-0.2, 0) is 4.79 Å². The third-order valence-corrected chi connectivity index (χ3v) is 4.41. The van der Waals surface area contributed by atoms with Crippen LogP contribution < -0.4 is 0 Å². The van der Waals surface area contributed by atoms with Gasteiger partial charge in [-0.1, -0.05) is 20.3 Å². The first-order valence-electron chi connectivity index (χ1n) is 6.44. The van der Waals surface area contributed by atoms with E-state index in [9.17, 15) is 4.79 Å². The summed E-state index contributed by atoms with van der Waals surface area (Å²) in [6.07, 6.45) is 4.36. The monoisotopic (exact) mass is 225 g/mol. The van der Waals surface area contributed by atoms with Crippen LogP contribution in [0, 0.1) is 17.3 Å². The number of nitrogens with zero attached hydrogens (tertiary/aromatic N) is 1. The Morgan fingerprint density at radius 2 is 2.19 bits per heavy atom. The zero-order valence-corrected chi connectivity index (χ0v) is 10.4. The van der Waals surface area contributed by atoms with Crippen LogP contribution in [0.15, 0.2) is 0 Å². The van der Waals surface area contributed by atoms with Crippen molar-refractivity contribution in [3.8, 4) is 0 Å². The fourth-order valence-electron chi connectivity index (χ4n) is 3.19. The van der Waals surface area contributed by atoms with Crippen molar-refractivity contribution >= 4 is 5.91 Å². The van der Waals surface area contributed by atoms with E-state index < -0.39 is 0 Å². The molecule has 2 aliphatic rings. The van der Waals surface area contributed by atoms with E-state index in [-0.39, 0.29) is 17.9 Å². The largest absolute Gasteiger partial charge is 0.396 e. The molecule has 3 heteroatoms. The molecule has 0 aromatic rings. The predicted octanol–water partition coefficient (Wildman–Crippen LogP) is 1.65. The summed E-state index contributed by atoms with van der Waals surface area (Å²) in [4.78, 5) is 14.3. The van der Waals surface area contributed by atoms with Crippen LogP contribution in [0.3, 0.4) is 0 Å². The molecule has 1 saturated heterocycles. The van der Waals surface area contributed by atoms with Crippen molar-refractivity contribution in [3.63, 3.8) is 0 Å². The van der Waals surface area contributed by atoms with E-state index >= 15 is 0 Å². The minimum Gasteiger partial charge on any atom is -0.396 e. The van der Waals surface area contributed by atoms with Gasteiger partial charge in [-0.2, -0.15) is 0 Å². The van der Waals surface area contributed by atoms with Crippen LogP contribution in [0.5, 0.6) is 0 Å². The predicted molar refractivity (Wildman–Crippen MR) is 62.9 cm³/mol. The van der Waals surface area contributed by atoms with Crippen LogP contribution in [0.1, 0.15) is 39.5 Å². The Morgan fingerprint density at radius 3 is 2.69 bits per heavy atom. The Morgan fingerprint density at radius 1 is 1.44 bits per heavy atom. The van der Waals surface area contributed by atoms with Crippen molar-refractivity contribution in [2.45, 2.75) is 39.5 Å². The standard InChI is InChI=1S/C13H23NO2/c1-13(2)6-3-4-11(13)12(16)14-7-5-10(8-14)9-15/h10-11,15H,3-9H2,1-2H3. The molecule has 1 aliphatic carbocycles. The first kappa shape index (κ1) is 11.9. The van der Waals surface area contributed by atoms with E-state index in [1.165, 1.54) is 12.8 Å². The Labute approximate surface area is 97.8 Å². The molecule has 1 aliphatic heterocycles. The fraction of sp³-hybridized carbons (Fsp3) is 0.923. The molecule has 1 heterocycles. The molecule has 2 unspecified atom stereocenters. The van der Waals surface area contributed by atoms with Gasteiger partial charge in [-0.05, 0) is 24.7 Å². The van der Waals surface area contributed by atoms with E-state index in [1.54, 1.807) is 0 Å². The Kier molecular flexibility index (Phi) is 3.24. The van der Waals surface area contributed by atoms with E-state index in [0.717, 1.165) is 25.9 Å². The number of carbonyl (C=O) groups is 1. The number of rotatable bonds is 2. The lowest BCUT2D eigenvalue weighted by atomic mass is 9.81. The number of hydrogen-bond acceptors (Lipinski definition) is 2. The van der Waals surface area contributed by atoms with Crippen LogP contribution in [0.2, 0.25) is 0 Å². The molecule has 0 radical (unpaired) electrons. The van der Waals surface area contributed by atoms with Gasteiger partial charge in [0.05, 0.1) is 0 Å². The number of amides is 1. The SMILES string of the molecule is CC1(C)CCCC1C(=O)N1CCC(CO)C1. The van der Waals surface area contributed by atoms with Crippen molar-refractivity contribution < 1.29 is 9.90 Å². The number of likely N-dealkylation sites (tertiary alicyclic amines) is 1. The van der Waals surface area contributed by atoms with Gasteiger partial charge >= 0.3 is 0 Å². The maximum Gasteiger partial charge on any atom is 0.226 e. The normalized spacial score (nSPS) is 33.3. The second-order valence-electron chi connectivity index (χ2n) is 6.05. The summed E-state index contributed by atoms with van der Waals surface area (Å²) in [5, 5.41) is 9.10. The summed E-state index contributed by atoms with van der Waals surface area (Å²) in [6.45, 7) is 6.25. The molecule has 1 saturated carbocycles. The van der Waals surface area contributed by atoms with Crippen LogP contribution in [0.4, 0.5) is 0 Å². The lowest BCUT2D eigenvalue weighted by Crippen LogP contribution is -2.38. The summed E-state index contributed by atoms with van der Waals surface area (Å²) < 4.78 is 0. The molecule has 3 nitrogen and oxygen atoms in total. The van der Waals surface area contributed by atoms with Gasteiger partial charge in [0, 0.05) is 31.5 Å². The van der Waals surface area contributed by atoms with Gasteiger partial charge in [0.25, 0.3) is 0 Å². The minimum absolute atomic E-state index is 0.175. The molecule has 0 aromatic heterocycles. The lowest BCUT2D eigenvalue weighted by Gasteiger charge is -2.30. The second-order valence-corrected chi connectivity index (χ2v) is 6.05. The Bertz CT molecular complexity index is 275. The zero-order valence-electron chi connectivity index (χ0n) is 10.4. The van der Waals surface area contributed by atoms with Gasteiger partial charge in [-0.3, -0.25) is 4.79 Å². The van der Waals surface area contributed by atoms with Crippen molar-refractivity contribution in [1.29, 1.82) is 0 Å². The van der Waals surface area contributed by atoms with Crippen molar-refractivity contribution in [3.05, 3.63) is 0 Å². The van der Waals surface area contributed by atoms with Crippen LogP contribution in [-0.4, -0.2) is 35.6 Å². The smallest absolute Gasteiger partial charge is 0.226 e. The summed E-state index contributed by atoms with van der Waals surface area (Å²) in [6, 6.07) is 0. The van der Waals surface area contributed by atoms with Gasteiger partial charge in [-0.25, -0.2) is 0 Å². The average Bonchev–Trinajstić information content (AvgIpc) is 2.82. The Balaban J connectivity index is 1.98. The molecule has 2 atom stereocenters. The molecule has 0 spiro atoms. The van der Waals surface area contributed by atoms with E-state index in [2.05, 4.69) is 13.8 Å². The van der Waals surface area contributed by atoms with Crippen molar-refractivity contribution in [1.82, 2.24) is 4.90 Å². The van der Waals surface area contributed by atoms with E-state index in [1.807, 2.05) is 4.90 Å². The third kappa shape index (κ3) is 2.10. The molecule has 0 bridgehead atoms. The highest BCUT2D eigenvalue weighted by Crippen LogP contribution is 2.43. The second kappa shape index (κ2) is 4.36. The third-order valence-electron chi connectivity index (χ3n) is 4.41. The average molecular weight is 225 g/mol. The molecule has 0 aromatic carbocycles. The highest BCUT2D eigenvalue weighted by Gasteiger charge is 2.42. The van der Waals surface area contributed by atoms with Gasteiger partial charge in [0.1, 0.15) is 0 Å². The quantitative estimate of drug-likeness (QED) is 0.776. The number of carbonyl (C=O) groups excluding carboxylic acids is 1. The first-order valence-corrected chi connectivity index (χ1v) is 6.44. The van der Waals surface area contributed by atoms with Gasteiger partial charge in [-0.15, -0.1) is 0 Å². The number of aliphatic hydroxyl groups is 1. The van der Waals surface area contributed by atoms with Gasteiger partial charge in [0.2, 0.25) is 5.91 Å². The Hall–Kier alpha value is -0.570. The molecular weight excluding hydrogens is 202 g/mol. The first-order chi connectivity index (χ1) is 7.54. The van der Waals surface area contributed by atoms with Crippen molar-refractivity contribution in [2.24, 2.45) is 17.3 Å². The highest BCUT2D eigenvalue weighted by molar-refractivity contribution is 5.80. The van der Waals surface area contributed by atoms with E-state index in [4.69, 9.17) is 5.11 Å². The zero-order chi connectivity index (χ0) is 11.8. The van der Waals surface area contributed by atoms with Crippen molar-refractivity contribution in [2.75, 3.05) is 19.7 Å². The molecular formula is C13H23NO2. The number of hydrogen-bond donors (Lipinski definition) is 1. The van der Waals surface area contributed by atoms with Crippen LogP contribution >= 0.6 is 0 Å². The van der Waals surface area contributed by atoms with Gasteiger partial charge < -0.3 is 10.0 Å². The molecule has 1 amide bonds. The molecule has 2 rings (SSSR count). The summed E-state index contributed by atoms with van der Waals surface area (Å²) >= 11 is 0. The highest BCUT2D eigenvalue weighted by atomic mass is 16.3. The summed E-state index contributed by atoms with van der Waals surface area (Å²) in [5.74, 6) is 0.858. The summed E-state index contributed by atoms with van der Waals surface area (Å²) in [7, 11) is 0. The molecule has 92 valence electrons. The van der Waals surface area contributed by atoms with E-state index in [0.29, 0.717) is 11.8 Å².